The zero-order valence-corrected chi connectivity index (χ0v) is 5.83. The van der Waals surface area contributed by atoms with E-state index in [1.807, 2.05) is 0 Å². The summed E-state index contributed by atoms with van der Waals surface area (Å²) in [6.07, 6.45) is -3.35. The topological polar surface area (TPSA) is 119 Å². The fraction of sp³-hybridized carbons (Fsp3) is 0.800. The van der Waals surface area contributed by atoms with Gasteiger partial charge in [-0.3, -0.25) is 0 Å². The van der Waals surface area contributed by atoms with E-state index in [1.165, 1.54) is 0 Å². The predicted octanol–water partition coefficient (Wildman–Crippen LogP) is -2.99. The predicted molar refractivity (Wildman–Crippen MR) is 37.8 cm³/mol. The largest absolute Gasteiger partial charge is 0.394 e. The van der Waals surface area contributed by atoms with Crippen molar-refractivity contribution in [3.05, 3.63) is 0 Å². The highest BCUT2D eigenvalue weighted by atomic mass is 16.4. The van der Waals surface area contributed by atoms with Crippen LogP contribution in [0.4, 0.5) is 0 Å². The van der Waals surface area contributed by atoms with Crippen LogP contribution in [0.2, 0.25) is 0 Å². The Bertz CT molecular complexity index is 130. The van der Waals surface area contributed by atoms with Crippen molar-refractivity contribution in [3.63, 3.8) is 0 Å². The summed E-state index contributed by atoms with van der Waals surface area (Å²) in [4.78, 5) is 0. The van der Waals surface area contributed by atoms with Gasteiger partial charge in [0.1, 0.15) is 18.3 Å². The molecule has 0 fully saturated rings. The van der Waals surface area contributed by atoms with E-state index in [2.05, 4.69) is 10.9 Å². The fourth-order valence-electron chi connectivity index (χ4n) is 0.512. The summed E-state index contributed by atoms with van der Waals surface area (Å²) < 4.78 is 0. The molecule has 0 aromatic heterocycles. The van der Waals surface area contributed by atoms with Gasteiger partial charge in [0, 0.05) is 0 Å². The van der Waals surface area contributed by atoms with Gasteiger partial charge < -0.3 is 26.3 Å². The van der Waals surface area contributed by atoms with Crippen LogP contribution in [0.1, 0.15) is 0 Å². The van der Waals surface area contributed by atoms with Crippen LogP contribution >= 0.6 is 0 Å². The van der Waals surface area contributed by atoms with E-state index in [4.69, 9.17) is 20.4 Å². The molecule has 0 amide bonds. The van der Waals surface area contributed by atoms with Gasteiger partial charge in [-0.25, -0.2) is 0 Å². The van der Waals surface area contributed by atoms with E-state index in [0.717, 1.165) is 6.21 Å². The Labute approximate surface area is 63.6 Å². The molecule has 6 nitrogen and oxygen atoms in total. The molecule has 6 heteroatoms. The molecule has 11 heavy (non-hydrogen) atoms. The molecule has 0 rings (SSSR count). The molecule has 3 atom stereocenters. The van der Waals surface area contributed by atoms with E-state index in [1.54, 1.807) is 0 Å². The quantitative estimate of drug-likeness (QED) is 0.172. The van der Waals surface area contributed by atoms with Gasteiger partial charge in [0.25, 0.3) is 0 Å². The summed E-state index contributed by atoms with van der Waals surface area (Å²) in [6.45, 7) is -0.628. The number of nitrogens with zero attached hydrogens (tertiary/aromatic N) is 1. The molecule has 0 bridgehead atoms. The Morgan fingerprint density at radius 2 is 1.91 bits per heavy atom. The molecule has 0 heterocycles. The summed E-state index contributed by atoms with van der Waals surface area (Å²) >= 11 is 0. The number of hydrogen-bond donors (Lipinski definition) is 5. The molecule has 0 aromatic rings. The Balaban J connectivity index is 3.90. The molecule has 0 aliphatic carbocycles. The molecular weight excluding hydrogens is 152 g/mol. The van der Waals surface area contributed by atoms with Crippen LogP contribution in [0.5, 0.6) is 0 Å². The van der Waals surface area contributed by atoms with Gasteiger partial charge in [0.05, 0.1) is 12.8 Å². The standard InChI is InChI=1S/C5H12N2O4/c6-7-1-3(9)5(11)4(10)2-8/h1,3-5,8-11H,2,6H2/b7-1+/t3-,4-,5+/m1/s1. The lowest BCUT2D eigenvalue weighted by Crippen LogP contribution is -2.40. The minimum atomic E-state index is -1.47. The van der Waals surface area contributed by atoms with Crippen molar-refractivity contribution >= 4 is 6.21 Å². The van der Waals surface area contributed by atoms with Crippen molar-refractivity contribution in [3.8, 4) is 0 Å². The van der Waals surface area contributed by atoms with Gasteiger partial charge in [-0.2, -0.15) is 5.10 Å². The normalized spacial score (nSPS) is 20.0. The number of aliphatic hydroxyl groups is 4. The lowest BCUT2D eigenvalue weighted by Gasteiger charge is -2.17. The Hall–Kier alpha value is -0.690. The highest BCUT2D eigenvalue weighted by molar-refractivity contribution is 5.63. The second-order valence-corrected chi connectivity index (χ2v) is 2.03. The second-order valence-electron chi connectivity index (χ2n) is 2.03. The molecule has 0 aliphatic rings. The average Bonchev–Trinajstić information content (AvgIpc) is 2.02. The van der Waals surface area contributed by atoms with Gasteiger partial charge in [-0.1, -0.05) is 0 Å². The van der Waals surface area contributed by atoms with Gasteiger partial charge in [0.15, 0.2) is 0 Å². The summed E-state index contributed by atoms with van der Waals surface area (Å²) in [5.74, 6) is 4.66. The van der Waals surface area contributed by atoms with Crippen molar-refractivity contribution in [2.75, 3.05) is 6.61 Å². The van der Waals surface area contributed by atoms with Crippen molar-refractivity contribution in [1.29, 1.82) is 0 Å². The fourth-order valence-corrected chi connectivity index (χ4v) is 0.512. The first-order valence-electron chi connectivity index (χ1n) is 3.02. The van der Waals surface area contributed by atoms with E-state index < -0.39 is 24.9 Å². The van der Waals surface area contributed by atoms with E-state index in [0.29, 0.717) is 0 Å². The van der Waals surface area contributed by atoms with Crippen molar-refractivity contribution in [2.45, 2.75) is 18.3 Å². The number of rotatable bonds is 4. The minimum Gasteiger partial charge on any atom is -0.394 e. The first-order valence-corrected chi connectivity index (χ1v) is 3.02. The van der Waals surface area contributed by atoms with Crippen LogP contribution < -0.4 is 5.84 Å². The molecule has 66 valence electrons. The molecule has 0 unspecified atom stereocenters. The lowest BCUT2D eigenvalue weighted by atomic mass is 10.1. The van der Waals surface area contributed by atoms with E-state index in [9.17, 15) is 0 Å². The van der Waals surface area contributed by atoms with E-state index >= 15 is 0 Å². The highest BCUT2D eigenvalue weighted by Crippen LogP contribution is 1.96. The summed E-state index contributed by atoms with van der Waals surface area (Å²) in [5.41, 5.74) is 0. The molecular formula is C5H12N2O4. The van der Waals surface area contributed by atoms with Gasteiger partial charge in [0.2, 0.25) is 0 Å². The van der Waals surface area contributed by atoms with E-state index in [-0.39, 0.29) is 0 Å². The molecule has 0 aliphatic heterocycles. The maximum Gasteiger partial charge on any atom is 0.119 e. The number of hydrogen-bond acceptors (Lipinski definition) is 6. The number of hydrazone groups is 1. The number of aliphatic hydroxyl groups excluding tert-OH is 4. The summed E-state index contributed by atoms with van der Waals surface area (Å²) in [7, 11) is 0. The van der Waals surface area contributed by atoms with Crippen LogP contribution in [0.3, 0.4) is 0 Å². The zero-order valence-electron chi connectivity index (χ0n) is 5.83. The van der Waals surface area contributed by atoms with Crippen LogP contribution in [0, 0.1) is 0 Å². The van der Waals surface area contributed by atoms with Crippen molar-refractivity contribution in [1.82, 2.24) is 0 Å². The van der Waals surface area contributed by atoms with Gasteiger partial charge >= 0.3 is 0 Å². The number of nitrogens with two attached hydrogens (primary N) is 1. The maximum absolute atomic E-state index is 8.91. The minimum absolute atomic E-state index is 0.628. The Morgan fingerprint density at radius 1 is 1.36 bits per heavy atom. The molecule has 0 spiro atoms. The lowest BCUT2D eigenvalue weighted by molar-refractivity contribution is -0.0541. The molecule has 6 N–H and O–H groups in total. The summed E-state index contributed by atoms with van der Waals surface area (Å²) in [6, 6.07) is 0. The Kier molecular flexibility index (Phi) is 4.71. The van der Waals surface area contributed by atoms with Crippen molar-refractivity contribution < 1.29 is 20.4 Å². The van der Waals surface area contributed by atoms with Crippen molar-refractivity contribution in [2.24, 2.45) is 10.9 Å². The third-order valence-electron chi connectivity index (χ3n) is 1.17. The SMILES string of the molecule is N/N=C/[C@@H](O)[C@H](O)[C@H](O)CO. The zero-order chi connectivity index (χ0) is 8.85. The first kappa shape index (κ1) is 10.3. The van der Waals surface area contributed by atoms with Crippen LogP contribution in [-0.2, 0) is 0 Å². The van der Waals surface area contributed by atoms with Crippen LogP contribution in [0.15, 0.2) is 5.10 Å². The Morgan fingerprint density at radius 3 is 2.27 bits per heavy atom. The first-order chi connectivity index (χ1) is 5.13. The third kappa shape index (κ3) is 3.28. The monoisotopic (exact) mass is 164 g/mol. The van der Waals surface area contributed by atoms with Gasteiger partial charge in [-0.15, -0.1) is 0 Å². The second kappa shape index (κ2) is 5.03. The summed E-state index contributed by atoms with van der Waals surface area (Å²) in [5, 5.41) is 37.8. The molecule has 0 radical (unpaired) electrons. The maximum atomic E-state index is 8.91. The van der Waals surface area contributed by atoms with Gasteiger partial charge in [-0.05, 0) is 0 Å². The molecule has 0 saturated carbocycles. The molecule has 0 aromatic carbocycles. The smallest absolute Gasteiger partial charge is 0.119 e. The van der Waals surface area contributed by atoms with Crippen LogP contribution in [-0.4, -0.2) is 51.6 Å². The average molecular weight is 164 g/mol. The third-order valence-corrected chi connectivity index (χ3v) is 1.17. The molecule has 0 saturated heterocycles. The van der Waals surface area contributed by atoms with Crippen LogP contribution in [0.25, 0.3) is 0 Å². The highest BCUT2D eigenvalue weighted by Gasteiger charge is 2.22.